The van der Waals surface area contributed by atoms with Crippen LogP contribution in [0.3, 0.4) is 0 Å². The summed E-state index contributed by atoms with van der Waals surface area (Å²) in [5.74, 6) is -0.646. The van der Waals surface area contributed by atoms with Gasteiger partial charge < -0.3 is 5.32 Å². The van der Waals surface area contributed by atoms with E-state index in [1.807, 2.05) is 84.9 Å². The molecule has 0 aliphatic carbocycles. The zero-order chi connectivity index (χ0) is 27.6. The molecule has 1 aliphatic rings. The highest BCUT2D eigenvalue weighted by atomic mass is 19.4. The molecule has 201 valence electrons. The number of rotatable bonds is 5. The Morgan fingerprint density at radius 2 is 1.15 bits per heavy atom. The number of nitrogens with one attached hydrogen (secondary N) is 1. The van der Waals surface area contributed by atoms with Crippen molar-refractivity contribution >= 4 is 11.4 Å². The van der Waals surface area contributed by atoms with Crippen molar-refractivity contribution in [3.05, 3.63) is 131 Å². The molecular formula is C31H25F6N2. The van der Waals surface area contributed by atoms with Gasteiger partial charge in [-0.2, -0.15) is 26.3 Å². The average molecular weight is 540 g/mol. The molecule has 0 amide bonds. The monoisotopic (exact) mass is 539 g/mol. The van der Waals surface area contributed by atoms with Crippen LogP contribution in [0.2, 0.25) is 0 Å². The van der Waals surface area contributed by atoms with Gasteiger partial charge in [0, 0.05) is 23.8 Å². The number of para-hydroxylation sites is 1. The van der Waals surface area contributed by atoms with Crippen LogP contribution in [0.4, 0.5) is 37.7 Å². The lowest BCUT2D eigenvalue weighted by Crippen LogP contribution is -2.34. The van der Waals surface area contributed by atoms with Gasteiger partial charge in [-0.05, 0) is 71.5 Å². The molecule has 8 heteroatoms. The van der Waals surface area contributed by atoms with E-state index in [4.69, 9.17) is 0 Å². The Kier molecular flexibility index (Phi) is 7.40. The van der Waals surface area contributed by atoms with Crippen LogP contribution in [0.15, 0.2) is 103 Å². The summed E-state index contributed by atoms with van der Waals surface area (Å²) in [4.78, 5) is 0. The Bertz CT molecular complexity index is 1370. The predicted molar refractivity (Wildman–Crippen MR) is 139 cm³/mol. The lowest BCUT2D eigenvalue weighted by Gasteiger charge is -2.39. The topological polar surface area (TPSA) is 26.1 Å². The molecule has 1 heterocycles. The lowest BCUT2D eigenvalue weighted by molar-refractivity contribution is -0.143. The van der Waals surface area contributed by atoms with Crippen molar-refractivity contribution < 1.29 is 26.3 Å². The van der Waals surface area contributed by atoms with Crippen molar-refractivity contribution in [3.63, 3.8) is 0 Å². The summed E-state index contributed by atoms with van der Waals surface area (Å²) in [6.45, 7) is 0.312. The average Bonchev–Trinajstić information content (AvgIpc) is 2.92. The second-order valence-electron chi connectivity index (χ2n) is 9.64. The number of alkyl halides is 6. The van der Waals surface area contributed by atoms with E-state index in [0.29, 0.717) is 13.0 Å². The van der Waals surface area contributed by atoms with E-state index < -0.39 is 35.4 Å². The standard InChI is InChI=1S/C31H25F6N2/c32-30(33,34)23-16-22(17-24(19-23)31(35,36)37)29-28(20-8-3-1-4-9-20)27(14-15-38-29)21-10-7-13-26(18-21)39-25-11-5-2-6-12-25/h1-13,16-19,27-29,39H,14-15H2/t27?,28-,29-/m1/s1. The molecule has 0 spiro atoms. The quantitative estimate of drug-likeness (QED) is 0.252. The normalized spacial score (nSPS) is 20.0. The van der Waals surface area contributed by atoms with Gasteiger partial charge in [-0.3, -0.25) is 0 Å². The molecule has 1 saturated heterocycles. The number of hydrogen-bond donors (Lipinski definition) is 1. The Balaban J connectivity index is 1.59. The number of nitrogens with zero attached hydrogens (tertiary/aromatic N) is 1. The fourth-order valence-corrected chi connectivity index (χ4v) is 5.33. The lowest BCUT2D eigenvalue weighted by atomic mass is 9.71. The predicted octanol–water partition coefficient (Wildman–Crippen LogP) is 9.08. The van der Waals surface area contributed by atoms with Crippen LogP contribution < -0.4 is 10.6 Å². The molecule has 5 rings (SSSR count). The van der Waals surface area contributed by atoms with Crippen molar-refractivity contribution in [3.8, 4) is 0 Å². The Morgan fingerprint density at radius 3 is 1.77 bits per heavy atom. The first-order valence-corrected chi connectivity index (χ1v) is 12.5. The number of halogens is 6. The van der Waals surface area contributed by atoms with Crippen molar-refractivity contribution in [2.24, 2.45) is 0 Å². The molecule has 0 aromatic heterocycles. The highest BCUT2D eigenvalue weighted by molar-refractivity contribution is 5.60. The molecule has 2 nitrogen and oxygen atoms in total. The molecule has 3 atom stereocenters. The molecule has 0 bridgehead atoms. The summed E-state index contributed by atoms with van der Waals surface area (Å²) in [6, 6.07) is 27.4. The molecule has 1 N–H and O–H groups in total. The van der Waals surface area contributed by atoms with Gasteiger partial charge in [-0.15, -0.1) is 0 Å². The highest BCUT2D eigenvalue weighted by Crippen LogP contribution is 2.49. The van der Waals surface area contributed by atoms with Gasteiger partial charge in [-0.1, -0.05) is 60.7 Å². The largest absolute Gasteiger partial charge is 0.416 e. The first-order chi connectivity index (χ1) is 18.6. The van der Waals surface area contributed by atoms with Gasteiger partial charge in [0.1, 0.15) is 0 Å². The summed E-state index contributed by atoms with van der Waals surface area (Å²) in [5, 5.41) is 7.98. The first-order valence-electron chi connectivity index (χ1n) is 12.5. The van der Waals surface area contributed by atoms with Crippen molar-refractivity contribution in [2.75, 3.05) is 11.9 Å². The summed E-state index contributed by atoms with van der Waals surface area (Å²) in [5.41, 5.74) is 0.735. The summed E-state index contributed by atoms with van der Waals surface area (Å²) in [7, 11) is 0. The molecule has 1 unspecified atom stereocenters. The highest BCUT2D eigenvalue weighted by Gasteiger charge is 2.41. The zero-order valence-corrected chi connectivity index (χ0v) is 20.7. The molecule has 39 heavy (non-hydrogen) atoms. The van der Waals surface area contributed by atoms with E-state index in [9.17, 15) is 26.3 Å². The fraction of sp³-hybridized carbons (Fsp3) is 0.226. The van der Waals surface area contributed by atoms with Gasteiger partial charge >= 0.3 is 12.4 Å². The van der Waals surface area contributed by atoms with Crippen LogP contribution in [0, 0.1) is 0 Å². The van der Waals surface area contributed by atoms with Crippen molar-refractivity contribution in [1.29, 1.82) is 0 Å². The van der Waals surface area contributed by atoms with Gasteiger partial charge in [0.15, 0.2) is 0 Å². The van der Waals surface area contributed by atoms with Crippen LogP contribution in [0.1, 0.15) is 52.1 Å². The van der Waals surface area contributed by atoms with E-state index in [1.54, 1.807) is 0 Å². The molecular weight excluding hydrogens is 514 g/mol. The number of piperidine rings is 1. The van der Waals surface area contributed by atoms with Gasteiger partial charge in [-0.25, -0.2) is 5.32 Å². The molecule has 1 fully saturated rings. The maximum Gasteiger partial charge on any atom is 0.416 e. The number of benzene rings is 4. The molecule has 0 saturated carbocycles. The van der Waals surface area contributed by atoms with E-state index in [0.717, 1.165) is 34.6 Å². The molecule has 1 radical (unpaired) electrons. The van der Waals surface area contributed by atoms with E-state index in [-0.39, 0.29) is 17.5 Å². The van der Waals surface area contributed by atoms with Crippen LogP contribution >= 0.6 is 0 Å². The maximum absolute atomic E-state index is 13.7. The Labute approximate surface area is 222 Å². The summed E-state index contributed by atoms with van der Waals surface area (Å²) >= 11 is 0. The van der Waals surface area contributed by atoms with Crippen molar-refractivity contribution in [2.45, 2.75) is 36.7 Å². The van der Waals surface area contributed by atoms with Gasteiger partial charge in [0.05, 0.1) is 17.2 Å². The Morgan fingerprint density at radius 1 is 0.590 bits per heavy atom. The summed E-state index contributed by atoms with van der Waals surface area (Å²) < 4.78 is 82.1. The van der Waals surface area contributed by atoms with E-state index in [1.165, 1.54) is 0 Å². The zero-order valence-electron chi connectivity index (χ0n) is 20.7. The van der Waals surface area contributed by atoms with Crippen LogP contribution in [0.5, 0.6) is 0 Å². The maximum atomic E-state index is 13.7. The van der Waals surface area contributed by atoms with Gasteiger partial charge in [0.2, 0.25) is 0 Å². The minimum absolute atomic E-state index is 0.0886. The van der Waals surface area contributed by atoms with Gasteiger partial charge in [0.25, 0.3) is 0 Å². The second kappa shape index (κ2) is 10.8. The third kappa shape index (κ3) is 6.11. The van der Waals surface area contributed by atoms with Crippen LogP contribution in [-0.2, 0) is 12.4 Å². The number of anilines is 2. The SMILES string of the molecule is FC(F)(F)c1cc([C@H]2[N]CCC(c3cccc(Nc4ccccc4)c3)[C@H]2c2ccccc2)cc(C(F)(F)F)c1. The molecule has 1 aliphatic heterocycles. The molecule has 4 aromatic carbocycles. The fourth-order valence-electron chi connectivity index (χ4n) is 5.33. The third-order valence-corrected chi connectivity index (χ3v) is 7.05. The molecule has 4 aromatic rings. The van der Waals surface area contributed by atoms with Crippen LogP contribution in [-0.4, -0.2) is 6.54 Å². The second-order valence-corrected chi connectivity index (χ2v) is 9.64. The first kappa shape index (κ1) is 26.8. The minimum atomic E-state index is -4.93. The van der Waals surface area contributed by atoms with E-state index in [2.05, 4.69) is 10.6 Å². The van der Waals surface area contributed by atoms with E-state index >= 15 is 0 Å². The minimum Gasteiger partial charge on any atom is -0.356 e. The summed E-state index contributed by atoms with van der Waals surface area (Å²) in [6.07, 6.45) is -9.25. The Hall–Kier alpha value is -3.78. The van der Waals surface area contributed by atoms with Crippen LogP contribution in [0.25, 0.3) is 0 Å². The third-order valence-electron chi connectivity index (χ3n) is 7.05. The number of hydrogen-bond acceptors (Lipinski definition) is 1. The smallest absolute Gasteiger partial charge is 0.356 e. The van der Waals surface area contributed by atoms with Crippen molar-refractivity contribution in [1.82, 2.24) is 5.32 Å².